The Morgan fingerprint density at radius 1 is 1.24 bits per heavy atom. The molecule has 1 fully saturated rings. The van der Waals surface area contributed by atoms with Gasteiger partial charge in [-0.05, 0) is 37.0 Å². The summed E-state index contributed by atoms with van der Waals surface area (Å²) in [5.74, 6) is 0.195. The van der Waals surface area contributed by atoms with Crippen LogP contribution >= 0.6 is 0 Å². The highest BCUT2D eigenvalue weighted by atomic mass is 16.3. The fraction of sp³-hybridized carbons (Fsp3) is 0.538. The van der Waals surface area contributed by atoms with E-state index in [4.69, 9.17) is 5.11 Å². The first kappa shape index (κ1) is 12.4. The monoisotopic (exact) mass is 237 g/mol. The van der Waals surface area contributed by atoms with Gasteiger partial charge in [-0.3, -0.25) is 0 Å². The highest BCUT2D eigenvalue weighted by molar-refractivity contribution is 5.27. The molecule has 0 heterocycles. The van der Waals surface area contributed by atoms with Crippen LogP contribution in [0.4, 0.5) is 0 Å². The molecule has 0 spiro atoms. The zero-order chi connectivity index (χ0) is 12.3. The molecule has 0 aromatic heterocycles. The summed E-state index contributed by atoms with van der Waals surface area (Å²) in [4.78, 5) is 0. The summed E-state index contributed by atoms with van der Waals surface area (Å²) in [6.45, 7) is 0.423. The molecule has 4 heteroatoms. The topological polar surface area (TPSA) is 72.7 Å². The summed E-state index contributed by atoms with van der Waals surface area (Å²) < 4.78 is 0. The van der Waals surface area contributed by atoms with Crippen LogP contribution in [0, 0.1) is 0 Å². The minimum absolute atomic E-state index is 0.0989. The third-order valence-corrected chi connectivity index (χ3v) is 3.33. The lowest BCUT2D eigenvalue weighted by molar-refractivity contribution is 0.127. The van der Waals surface area contributed by atoms with Gasteiger partial charge >= 0.3 is 0 Å². The Labute approximate surface area is 101 Å². The van der Waals surface area contributed by atoms with E-state index in [0.29, 0.717) is 6.54 Å². The van der Waals surface area contributed by atoms with Gasteiger partial charge in [-0.1, -0.05) is 12.1 Å². The number of benzene rings is 1. The molecule has 3 atom stereocenters. The van der Waals surface area contributed by atoms with E-state index in [1.54, 1.807) is 24.3 Å². The van der Waals surface area contributed by atoms with E-state index in [0.717, 1.165) is 24.8 Å². The number of aliphatic hydroxyl groups excluding tert-OH is 2. The molecule has 0 saturated heterocycles. The minimum Gasteiger partial charge on any atom is -0.508 e. The Morgan fingerprint density at radius 3 is 2.53 bits per heavy atom. The molecular weight excluding hydrogens is 218 g/mol. The summed E-state index contributed by atoms with van der Waals surface area (Å²) in [6.07, 6.45) is 1.94. The highest BCUT2D eigenvalue weighted by Crippen LogP contribution is 2.20. The second-order valence-corrected chi connectivity index (χ2v) is 4.62. The van der Waals surface area contributed by atoms with E-state index >= 15 is 0 Å². The first-order valence-electron chi connectivity index (χ1n) is 6.05. The maximum Gasteiger partial charge on any atom is 0.115 e. The van der Waals surface area contributed by atoms with Crippen LogP contribution in [0.25, 0.3) is 0 Å². The summed E-state index contributed by atoms with van der Waals surface area (Å²) in [7, 11) is 0. The first-order valence-corrected chi connectivity index (χ1v) is 6.05. The molecule has 0 bridgehead atoms. The van der Waals surface area contributed by atoms with Crippen molar-refractivity contribution in [2.45, 2.75) is 37.5 Å². The lowest BCUT2D eigenvalue weighted by atomic mass is 10.1. The summed E-state index contributed by atoms with van der Waals surface area (Å²) in [5.41, 5.74) is 0.766. The number of aliphatic hydroxyl groups is 2. The van der Waals surface area contributed by atoms with Gasteiger partial charge in [0.25, 0.3) is 0 Å². The molecule has 4 nitrogen and oxygen atoms in total. The number of rotatable bonds is 4. The SMILES string of the molecule is Oc1ccc(C(O)CNC2CCCC2O)cc1. The quantitative estimate of drug-likeness (QED) is 0.628. The van der Waals surface area contributed by atoms with Gasteiger partial charge in [-0.2, -0.15) is 0 Å². The number of phenolic OH excluding ortho intramolecular Hbond substituents is 1. The zero-order valence-corrected chi connectivity index (χ0v) is 9.71. The van der Waals surface area contributed by atoms with Gasteiger partial charge in [0.1, 0.15) is 5.75 Å². The Morgan fingerprint density at radius 2 is 1.94 bits per heavy atom. The number of aromatic hydroxyl groups is 1. The highest BCUT2D eigenvalue weighted by Gasteiger charge is 2.25. The van der Waals surface area contributed by atoms with Crippen LogP contribution in [-0.4, -0.2) is 34.0 Å². The number of hydrogen-bond donors (Lipinski definition) is 4. The van der Waals surface area contributed by atoms with E-state index in [2.05, 4.69) is 5.32 Å². The maximum atomic E-state index is 9.93. The zero-order valence-electron chi connectivity index (χ0n) is 9.71. The third-order valence-electron chi connectivity index (χ3n) is 3.33. The number of nitrogens with one attached hydrogen (secondary N) is 1. The third kappa shape index (κ3) is 3.19. The molecule has 4 N–H and O–H groups in total. The van der Waals surface area contributed by atoms with Crippen molar-refractivity contribution in [3.63, 3.8) is 0 Å². The second kappa shape index (κ2) is 5.49. The Kier molecular flexibility index (Phi) is 3.99. The van der Waals surface area contributed by atoms with Crippen LogP contribution in [0.1, 0.15) is 30.9 Å². The standard InChI is InChI=1S/C13H19NO3/c15-10-6-4-9(5-7-10)13(17)8-14-11-2-1-3-12(11)16/h4-7,11-17H,1-3,8H2. The van der Waals surface area contributed by atoms with Crippen LogP contribution in [-0.2, 0) is 0 Å². The Hall–Kier alpha value is -1.10. The van der Waals surface area contributed by atoms with E-state index in [9.17, 15) is 10.2 Å². The van der Waals surface area contributed by atoms with Crippen molar-refractivity contribution in [2.24, 2.45) is 0 Å². The van der Waals surface area contributed by atoms with Crippen molar-refractivity contribution in [3.05, 3.63) is 29.8 Å². The van der Waals surface area contributed by atoms with Gasteiger partial charge in [0.2, 0.25) is 0 Å². The summed E-state index contributed by atoms with van der Waals surface area (Å²) in [5, 5.41) is 31.9. The van der Waals surface area contributed by atoms with Crippen molar-refractivity contribution >= 4 is 0 Å². The molecular formula is C13H19NO3. The van der Waals surface area contributed by atoms with E-state index in [1.165, 1.54) is 0 Å². The smallest absolute Gasteiger partial charge is 0.115 e. The predicted molar refractivity (Wildman–Crippen MR) is 64.7 cm³/mol. The van der Waals surface area contributed by atoms with Crippen LogP contribution in [0.2, 0.25) is 0 Å². The van der Waals surface area contributed by atoms with Crippen LogP contribution in [0.15, 0.2) is 24.3 Å². The van der Waals surface area contributed by atoms with Gasteiger partial charge < -0.3 is 20.6 Å². The van der Waals surface area contributed by atoms with E-state index < -0.39 is 6.10 Å². The summed E-state index contributed by atoms with van der Waals surface area (Å²) in [6, 6.07) is 6.62. The van der Waals surface area contributed by atoms with Crippen LogP contribution < -0.4 is 5.32 Å². The van der Waals surface area contributed by atoms with Gasteiger partial charge in [0, 0.05) is 12.6 Å². The molecule has 0 radical (unpaired) electrons. The molecule has 1 aliphatic rings. The molecule has 1 aromatic carbocycles. The molecule has 0 amide bonds. The molecule has 94 valence electrons. The molecule has 3 unspecified atom stereocenters. The first-order chi connectivity index (χ1) is 8.16. The van der Waals surface area contributed by atoms with Gasteiger partial charge in [0.15, 0.2) is 0 Å². The molecule has 0 aliphatic heterocycles. The number of phenols is 1. The second-order valence-electron chi connectivity index (χ2n) is 4.62. The molecule has 1 saturated carbocycles. The lowest BCUT2D eigenvalue weighted by Gasteiger charge is -2.19. The molecule has 1 aliphatic carbocycles. The van der Waals surface area contributed by atoms with E-state index in [1.807, 2.05) is 0 Å². The average Bonchev–Trinajstić information content (AvgIpc) is 2.73. The van der Waals surface area contributed by atoms with Crippen molar-refractivity contribution in [2.75, 3.05) is 6.54 Å². The summed E-state index contributed by atoms with van der Waals surface area (Å²) >= 11 is 0. The molecule has 2 rings (SSSR count). The van der Waals surface area contributed by atoms with Crippen molar-refractivity contribution in [1.29, 1.82) is 0 Å². The van der Waals surface area contributed by atoms with Gasteiger partial charge in [-0.15, -0.1) is 0 Å². The van der Waals surface area contributed by atoms with Gasteiger partial charge in [0.05, 0.1) is 12.2 Å². The van der Waals surface area contributed by atoms with Crippen LogP contribution in [0.5, 0.6) is 5.75 Å². The van der Waals surface area contributed by atoms with Crippen molar-refractivity contribution < 1.29 is 15.3 Å². The van der Waals surface area contributed by atoms with Crippen molar-refractivity contribution in [3.8, 4) is 5.75 Å². The lowest BCUT2D eigenvalue weighted by Crippen LogP contribution is -2.38. The predicted octanol–water partition coefficient (Wildman–Crippen LogP) is 0.929. The fourth-order valence-corrected chi connectivity index (χ4v) is 2.26. The molecule has 1 aromatic rings. The largest absolute Gasteiger partial charge is 0.508 e. The normalized spacial score (nSPS) is 26.0. The van der Waals surface area contributed by atoms with Crippen molar-refractivity contribution in [1.82, 2.24) is 5.32 Å². The minimum atomic E-state index is -0.608. The Bertz CT molecular complexity index is 352. The van der Waals surface area contributed by atoms with Gasteiger partial charge in [-0.25, -0.2) is 0 Å². The molecule has 17 heavy (non-hydrogen) atoms. The van der Waals surface area contributed by atoms with E-state index in [-0.39, 0.29) is 17.9 Å². The fourth-order valence-electron chi connectivity index (χ4n) is 2.26. The number of hydrogen-bond acceptors (Lipinski definition) is 4. The maximum absolute atomic E-state index is 9.93. The average molecular weight is 237 g/mol. The van der Waals surface area contributed by atoms with Crippen LogP contribution in [0.3, 0.4) is 0 Å². The Balaban J connectivity index is 1.84.